The zero-order chi connectivity index (χ0) is 19.4. The zero-order valence-electron chi connectivity index (χ0n) is 14.7. The van der Waals surface area contributed by atoms with Gasteiger partial charge >= 0.3 is 5.97 Å². The summed E-state index contributed by atoms with van der Waals surface area (Å²) in [6.45, 7) is 2.56. The molecule has 4 N–H and O–H groups in total. The summed E-state index contributed by atoms with van der Waals surface area (Å²) >= 11 is 6.20. The molecule has 0 amide bonds. The van der Waals surface area contributed by atoms with Crippen LogP contribution in [-0.4, -0.2) is 27.6 Å². The highest BCUT2D eigenvalue weighted by atomic mass is 35.5. The van der Waals surface area contributed by atoms with Crippen molar-refractivity contribution in [1.29, 1.82) is 0 Å². The Bertz CT molecular complexity index is 974. The van der Waals surface area contributed by atoms with Gasteiger partial charge in [0.2, 0.25) is 5.95 Å². The van der Waals surface area contributed by atoms with Gasteiger partial charge in [0, 0.05) is 23.2 Å². The van der Waals surface area contributed by atoms with E-state index in [1.54, 1.807) is 24.3 Å². The molecule has 27 heavy (non-hydrogen) atoms. The van der Waals surface area contributed by atoms with Crippen LogP contribution in [0.4, 0.5) is 11.8 Å². The molecule has 0 unspecified atom stereocenters. The molecule has 2 aromatic carbocycles. The minimum absolute atomic E-state index is 0.181. The Morgan fingerprint density at radius 1 is 1.19 bits per heavy atom. The fourth-order valence-corrected chi connectivity index (χ4v) is 2.90. The van der Waals surface area contributed by atoms with Crippen LogP contribution in [-0.2, 0) is 6.42 Å². The summed E-state index contributed by atoms with van der Waals surface area (Å²) in [6, 6.07) is 14.3. The number of benzene rings is 2. The molecule has 0 bridgehead atoms. The van der Waals surface area contributed by atoms with Gasteiger partial charge in [-0.2, -0.15) is 4.98 Å². The summed E-state index contributed by atoms with van der Waals surface area (Å²) < 4.78 is 0. The van der Waals surface area contributed by atoms with Crippen molar-refractivity contribution in [3.05, 3.63) is 70.2 Å². The molecule has 0 atom stereocenters. The van der Waals surface area contributed by atoms with Crippen molar-refractivity contribution in [2.24, 2.45) is 0 Å². The normalized spacial score (nSPS) is 10.6. The molecule has 0 saturated carbocycles. The second-order valence-corrected chi connectivity index (χ2v) is 6.50. The number of carbonyl (C=O) groups is 1. The molecular formula is C20H19ClN4O2. The van der Waals surface area contributed by atoms with Crippen molar-refractivity contribution >= 4 is 29.3 Å². The van der Waals surface area contributed by atoms with Crippen molar-refractivity contribution in [2.45, 2.75) is 13.3 Å². The number of nitrogens with zero attached hydrogens (tertiary/aromatic N) is 2. The number of carboxylic acid groups (broad SMARTS) is 1. The second kappa shape index (κ2) is 8.05. The SMILES string of the molecule is Cc1c(Cl)cccc1-c1cc(NCCc2ccc(C(=O)O)cc2)nc(N)n1. The lowest BCUT2D eigenvalue weighted by Gasteiger charge is -2.11. The molecule has 0 saturated heterocycles. The lowest BCUT2D eigenvalue weighted by molar-refractivity contribution is 0.0697. The van der Waals surface area contributed by atoms with Crippen molar-refractivity contribution in [2.75, 3.05) is 17.6 Å². The monoisotopic (exact) mass is 382 g/mol. The molecule has 0 radical (unpaired) electrons. The van der Waals surface area contributed by atoms with E-state index in [1.807, 2.05) is 31.2 Å². The van der Waals surface area contributed by atoms with E-state index in [2.05, 4.69) is 15.3 Å². The third-order valence-electron chi connectivity index (χ3n) is 4.21. The molecular weight excluding hydrogens is 364 g/mol. The minimum atomic E-state index is -0.931. The molecule has 0 aliphatic carbocycles. The molecule has 3 rings (SSSR count). The quantitative estimate of drug-likeness (QED) is 0.594. The zero-order valence-corrected chi connectivity index (χ0v) is 15.5. The topological polar surface area (TPSA) is 101 Å². The number of nitrogen functional groups attached to an aromatic ring is 1. The Kier molecular flexibility index (Phi) is 5.57. The maximum Gasteiger partial charge on any atom is 0.335 e. The molecule has 0 aliphatic rings. The molecule has 1 heterocycles. The highest BCUT2D eigenvalue weighted by Crippen LogP contribution is 2.28. The van der Waals surface area contributed by atoms with Crippen molar-refractivity contribution in [3.8, 4) is 11.3 Å². The van der Waals surface area contributed by atoms with Crippen LogP contribution in [0, 0.1) is 6.92 Å². The van der Waals surface area contributed by atoms with E-state index in [1.165, 1.54) is 0 Å². The maximum absolute atomic E-state index is 10.9. The fourth-order valence-electron chi connectivity index (χ4n) is 2.73. The van der Waals surface area contributed by atoms with Gasteiger partial charge < -0.3 is 16.2 Å². The number of nitrogens with one attached hydrogen (secondary N) is 1. The van der Waals surface area contributed by atoms with Gasteiger partial charge in [0.25, 0.3) is 0 Å². The number of aromatic carboxylic acids is 1. The number of halogens is 1. The number of aromatic nitrogens is 2. The van der Waals surface area contributed by atoms with E-state index in [0.29, 0.717) is 23.1 Å². The Hall–Kier alpha value is -3.12. The highest BCUT2D eigenvalue weighted by molar-refractivity contribution is 6.31. The third-order valence-corrected chi connectivity index (χ3v) is 4.62. The van der Waals surface area contributed by atoms with Crippen LogP contribution in [0.1, 0.15) is 21.5 Å². The van der Waals surface area contributed by atoms with E-state index in [-0.39, 0.29) is 11.5 Å². The number of nitrogens with two attached hydrogens (primary N) is 1. The summed E-state index contributed by atoms with van der Waals surface area (Å²) in [7, 11) is 0. The smallest absolute Gasteiger partial charge is 0.335 e. The van der Waals surface area contributed by atoms with Crippen molar-refractivity contribution in [1.82, 2.24) is 9.97 Å². The fraction of sp³-hybridized carbons (Fsp3) is 0.150. The number of hydrogen-bond acceptors (Lipinski definition) is 5. The summed E-state index contributed by atoms with van der Waals surface area (Å²) in [6.07, 6.45) is 0.718. The predicted octanol–water partition coefficient (Wildman–Crippen LogP) is 4.04. The molecule has 0 aliphatic heterocycles. The Morgan fingerprint density at radius 3 is 2.63 bits per heavy atom. The van der Waals surface area contributed by atoms with E-state index in [0.717, 1.165) is 23.1 Å². The summed E-state index contributed by atoms with van der Waals surface area (Å²) in [5.74, 6) is -0.126. The van der Waals surface area contributed by atoms with Gasteiger partial charge in [-0.3, -0.25) is 0 Å². The molecule has 0 spiro atoms. The van der Waals surface area contributed by atoms with E-state index < -0.39 is 5.97 Å². The summed E-state index contributed by atoms with van der Waals surface area (Å²) in [5.41, 5.74) is 9.71. The van der Waals surface area contributed by atoms with Crippen LogP contribution >= 0.6 is 11.6 Å². The molecule has 0 fully saturated rings. The molecule has 3 aromatic rings. The largest absolute Gasteiger partial charge is 0.478 e. The first kappa shape index (κ1) is 18.7. The first-order valence-corrected chi connectivity index (χ1v) is 8.78. The van der Waals surface area contributed by atoms with Gasteiger partial charge in [-0.05, 0) is 42.7 Å². The van der Waals surface area contributed by atoms with E-state index in [9.17, 15) is 4.79 Å². The van der Waals surface area contributed by atoms with Crippen molar-refractivity contribution < 1.29 is 9.90 Å². The lowest BCUT2D eigenvalue weighted by Crippen LogP contribution is -2.09. The van der Waals surface area contributed by atoms with Crippen LogP contribution in [0.3, 0.4) is 0 Å². The van der Waals surface area contributed by atoms with Gasteiger partial charge in [-0.25, -0.2) is 9.78 Å². The van der Waals surface area contributed by atoms with Crippen LogP contribution in [0.5, 0.6) is 0 Å². The average Bonchev–Trinajstić information content (AvgIpc) is 2.64. The first-order chi connectivity index (χ1) is 12.9. The standard InChI is InChI=1S/C20H19ClN4O2/c1-12-15(3-2-4-16(12)21)17-11-18(25-20(22)24-17)23-10-9-13-5-7-14(8-6-13)19(26)27/h2-8,11H,9-10H2,1H3,(H,26,27)(H3,22,23,24,25). The second-order valence-electron chi connectivity index (χ2n) is 6.09. The van der Waals surface area contributed by atoms with E-state index >= 15 is 0 Å². The van der Waals surface area contributed by atoms with Gasteiger partial charge in [0.1, 0.15) is 5.82 Å². The minimum Gasteiger partial charge on any atom is -0.478 e. The van der Waals surface area contributed by atoms with Gasteiger partial charge in [-0.15, -0.1) is 0 Å². The van der Waals surface area contributed by atoms with Gasteiger partial charge in [-0.1, -0.05) is 35.9 Å². The number of hydrogen-bond donors (Lipinski definition) is 3. The lowest BCUT2D eigenvalue weighted by atomic mass is 10.1. The van der Waals surface area contributed by atoms with Crippen LogP contribution in [0.15, 0.2) is 48.5 Å². The van der Waals surface area contributed by atoms with Crippen LogP contribution in [0.25, 0.3) is 11.3 Å². The molecule has 138 valence electrons. The van der Waals surface area contributed by atoms with Gasteiger partial charge in [0.05, 0.1) is 11.3 Å². The first-order valence-electron chi connectivity index (χ1n) is 8.40. The molecule has 7 heteroatoms. The van der Waals surface area contributed by atoms with Gasteiger partial charge in [0.15, 0.2) is 0 Å². The van der Waals surface area contributed by atoms with E-state index in [4.69, 9.17) is 22.4 Å². The van der Waals surface area contributed by atoms with Crippen molar-refractivity contribution in [3.63, 3.8) is 0 Å². The summed E-state index contributed by atoms with van der Waals surface area (Å²) in [5, 5.41) is 12.8. The molecule has 1 aromatic heterocycles. The molecule has 6 nitrogen and oxygen atoms in total. The van der Waals surface area contributed by atoms with Crippen LogP contribution in [0.2, 0.25) is 5.02 Å². The average molecular weight is 383 g/mol. The Morgan fingerprint density at radius 2 is 1.93 bits per heavy atom. The maximum atomic E-state index is 10.9. The highest BCUT2D eigenvalue weighted by Gasteiger charge is 2.09. The third kappa shape index (κ3) is 4.54. The number of carboxylic acids is 1. The number of anilines is 2. The summed E-state index contributed by atoms with van der Waals surface area (Å²) in [4.78, 5) is 19.4. The Labute approximate surface area is 162 Å². The predicted molar refractivity (Wildman–Crippen MR) is 107 cm³/mol. The Balaban J connectivity index is 1.71. The number of rotatable bonds is 6. The van der Waals surface area contributed by atoms with Crippen LogP contribution < -0.4 is 11.1 Å².